The molecule has 3 nitrogen and oxygen atoms in total. The Morgan fingerprint density at radius 2 is 1.59 bits per heavy atom. The van der Waals surface area contributed by atoms with Crippen LogP contribution in [-0.2, 0) is 11.3 Å². The summed E-state index contributed by atoms with van der Waals surface area (Å²) in [5.41, 5.74) is 4.51. The molecule has 1 amide bonds. The number of para-hydroxylation sites is 1. The summed E-state index contributed by atoms with van der Waals surface area (Å²) in [6.07, 6.45) is 2.55. The van der Waals surface area contributed by atoms with Crippen molar-refractivity contribution in [2.75, 3.05) is 6.54 Å². The van der Waals surface area contributed by atoms with E-state index < -0.39 is 0 Å². The van der Waals surface area contributed by atoms with Gasteiger partial charge in [-0.15, -0.1) is 0 Å². The zero-order valence-electron chi connectivity index (χ0n) is 18.6. The van der Waals surface area contributed by atoms with E-state index in [-0.39, 0.29) is 11.8 Å². The summed E-state index contributed by atoms with van der Waals surface area (Å²) in [6, 6.07) is 26.7. The minimum atomic E-state index is -0.127. The van der Waals surface area contributed by atoms with Crippen LogP contribution in [0.4, 0.5) is 0 Å². The summed E-state index contributed by atoms with van der Waals surface area (Å²) in [5.74, 6) is 0.326. The van der Waals surface area contributed by atoms with Gasteiger partial charge in [0.1, 0.15) is 0 Å². The predicted molar refractivity (Wildman–Crippen MR) is 133 cm³/mol. The van der Waals surface area contributed by atoms with Gasteiger partial charge in [0.2, 0.25) is 5.91 Å². The van der Waals surface area contributed by atoms with Crippen molar-refractivity contribution in [1.82, 2.24) is 9.88 Å². The number of carbonyl (C=O) groups excluding carboxylic acids is 1. The Bertz CT molecular complexity index is 1200. The summed E-state index contributed by atoms with van der Waals surface area (Å²) in [6.45, 7) is 5.64. The van der Waals surface area contributed by atoms with E-state index in [9.17, 15) is 4.79 Å². The van der Waals surface area contributed by atoms with Gasteiger partial charge < -0.3 is 9.88 Å². The quantitative estimate of drug-likeness (QED) is 0.325. The molecule has 4 aromatic rings. The third-order valence-electron chi connectivity index (χ3n) is 5.77. The Balaban J connectivity index is 1.77. The van der Waals surface area contributed by atoms with Crippen LogP contribution in [0, 0.1) is 5.92 Å². The van der Waals surface area contributed by atoms with E-state index in [2.05, 4.69) is 78.5 Å². The first-order chi connectivity index (χ1) is 15.5. The van der Waals surface area contributed by atoms with Gasteiger partial charge in [0.25, 0.3) is 0 Å². The molecule has 0 aliphatic carbocycles. The van der Waals surface area contributed by atoms with Crippen LogP contribution in [0.15, 0.2) is 85.1 Å². The summed E-state index contributed by atoms with van der Waals surface area (Å²) < 4.78 is 2.27. The van der Waals surface area contributed by atoms with Crippen LogP contribution in [0.5, 0.6) is 0 Å². The van der Waals surface area contributed by atoms with Crippen molar-refractivity contribution in [2.45, 2.75) is 32.7 Å². The molecule has 4 rings (SSSR count). The number of amides is 1. The average molecular weight is 445 g/mol. The van der Waals surface area contributed by atoms with Crippen LogP contribution in [0.1, 0.15) is 42.9 Å². The molecule has 0 bridgehead atoms. The number of hydrogen-bond donors (Lipinski definition) is 1. The lowest BCUT2D eigenvalue weighted by atomic mass is 9.88. The van der Waals surface area contributed by atoms with E-state index >= 15 is 0 Å². The topological polar surface area (TPSA) is 34.0 Å². The van der Waals surface area contributed by atoms with Crippen LogP contribution in [-0.4, -0.2) is 17.0 Å². The zero-order chi connectivity index (χ0) is 22.5. The van der Waals surface area contributed by atoms with Gasteiger partial charge in [-0.25, -0.2) is 0 Å². The fourth-order valence-electron chi connectivity index (χ4n) is 4.18. The highest BCUT2D eigenvalue weighted by atomic mass is 35.5. The second kappa shape index (κ2) is 10.1. The van der Waals surface area contributed by atoms with E-state index in [1.54, 1.807) is 0 Å². The molecule has 164 valence electrons. The monoisotopic (exact) mass is 444 g/mol. The molecule has 0 unspecified atom stereocenters. The van der Waals surface area contributed by atoms with Gasteiger partial charge in [-0.3, -0.25) is 4.79 Å². The second-order valence-electron chi connectivity index (χ2n) is 8.69. The lowest BCUT2D eigenvalue weighted by molar-refractivity contribution is -0.121. The Hall–Kier alpha value is -3.04. The largest absolute Gasteiger partial charge is 0.356 e. The molecule has 4 heteroatoms. The normalized spacial score (nSPS) is 12.2. The van der Waals surface area contributed by atoms with Gasteiger partial charge in [-0.2, -0.15) is 0 Å². The molecule has 1 aromatic heterocycles. The molecule has 1 heterocycles. The van der Waals surface area contributed by atoms with E-state index in [0.29, 0.717) is 23.9 Å². The number of fused-ring (bicyclic) bond motifs is 1. The number of nitrogens with one attached hydrogen (secondary N) is 1. The van der Waals surface area contributed by atoms with Crippen molar-refractivity contribution in [1.29, 1.82) is 0 Å². The lowest BCUT2D eigenvalue weighted by Gasteiger charge is -2.19. The van der Waals surface area contributed by atoms with Gasteiger partial charge in [0.05, 0.1) is 0 Å². The summed E-state index contributed by atoms with van der Waals surface area (Å²) in [4.78, 5) is 12.9. The lowest BCUT2D eigenvalue weighted by Crippen LogP contribution is -2.28. The number of hydrogen-bond acceptors (Lipinski definition) is 1. The summed E-state index contributed by atoms with van der Waals surface area (Å²) >= 11 is 6.63. The van der Waals surface area contributed by atoms with Gasteiger partial charge in [-0.1, -0.05) is 92.2 Å². The summed E-state index contributed by atoms with van der Waals surface area (Å²) in [5, 5.41) is 4.92. The van der Waals surface area contributed by atoms with Crippen molar-refractivity contribution >= 4 is 28.4 Å². The van der Waals surface area contributed by atoms with Crippen LogP contribution in [0.3, 0.4) is 0 Å². The highest BCUT2D eigenvalue weighted by Gasteiger charge is 2.24. The highest BCUT2D eigenvalue weighted by Crippen LogP contribution is 2.37. The fourth-order valence-corrected chi connectivity index (χ4v) is 4.45. The third-order valence-corrected chi connectivity index (χ3v) is 6.11. The fraction of sp³-hybridized carbons (Fsp3) is 0.250. The standard InChI is InChI=1S/C28H29ClN2O/c1-20(2)17-30-28(32)16-24(22-12-6-8-14-26(22)29)25-19-31(18-21-10-4-3-5-11-21)27-15-9-7-13-23(25)27/h3-15,19-20,24H,16-18H2,1-2H3,(H,30,32)/t24-/m1/s1. The maximum atomic E-state index is 12.9. The molecule has 3 aromatic carbocycles. The van der Waals surface area contributed by atoms with Crippen LogP contribution >= 0.6 is 11.6 Å². The Morgan fingerprint density at radius 3 is 2.34 bits per heavy atom. The van der Waals surface area contributed by atoms with Gasteiger partial charge in [0.15, 0.2) is 0 Å². The molecule has 0 fully saturated rings. The minimum Gasteiger partial charge on any atom is -0.356 e. The number of rotatable bonds is 8. The van der Waals surface area contributed by atoms with Crippen LogP contribution in [0.2, 0.25) is 5.02 Å². The molecule has 1 N–H and O–H groups in total. The van der Waals surface area contributed by atoms with Crippen molar-refractivity contribution in [3.05, 3.63) is 107 Å². The zero-order valence-corrected chi connectivity index (χ0v) is 19.3. The second-order valence-corrected chi connectivity index (χ2v) is 9.10. The number of halogens is 1. The van der Waals surface area contributed by atoms with Crippen molar-refractivity contribution in [2.24, 2.45) is 5.92 Å². The first-order valence-electron chi connectivity index (χ1n) is 11.2. The Morgan fingerprint density at radius 1 is 0.906 bits per heavy atom. The molecule has 0 aliphatic heterocycles. The number of nitrogens with zero attached hydrogens (tertiary/aromatic N) is 1. The van der Waals surface area contributed by atoms with Gasteiger partial charge in [0, 0.05) is 47.6 Å². The molecule has 0 saturated carbocycles. The first kappa shape index (κ1) is 22.2. The minimum absolute atomic E-state index is 0.0449. The first-order valence-corrected chi connectivity index (χ1v) is 11.5. The van der Waals surface area contributed by atoms with E-state index in [1.165, 1.54) is 5.56 Å². The molecule has 32 heavy (non-hydrogen) atoms. The maximum absolute atomic E-state index is 12.9. The number of carbonyl (C=O) groups is 1. The predicted octanol–water partition coefficient (Wildman–Crippen LogP) is 6.64. The SMILES string of the molecule is CC(C)CNC(=O)C[C@H](c1ccccc1Cl)c1cn(Cc2ccccc2)c2ccccc12. The van der Waals surface area contributed by atoms with Crippen molar-refractivity contribution < 1.29 is 4.79 Å². The Labute approximate surface area is 195 Å². The maximum Gasteiger partial charge on any atom is 0.220 e. The Kier molecular flexibility index (Phi) is 6.96. The van der Waals surface area contributed by atoms with Crippen molar-refractivity contribution in [3.8, 4) is 0 Å². The molecule has 0 aliphatic rings. The van der Waals surface area contributed by atoms with E-state index in [0.717, 1.165) is 28.6 Å². The molecular formula is C28H29ClN2O. The van der Waals surface area contributed by atoms with Crippen molar-refractivity contribution in [3.63, 3.8) is 0 Å². The molecule has 0 radical (unpaired) electrons. The van der Waals surface area contributed by atoms with Gasteiger partial charge >= 0.3 is 0 Å². The molecule has 1 atom stereocenters. The van der Waals surface area contributed by atoms with Gasteiger partial charge in [-0.05, 0) is 34.7 Å². The number of benzene rings is 3. The highest BCUT2D eigenvalue weighted by molar-refractivity contribution is 6.31. The third kappa shape index (κ3) is 5.05. The number of aromatic nitrogens is 1. The summed E-state index contributed by atoms with van der Waals surface area (Å²) in [7, 11) is 0. The van der Waals surface area contributed by atoms with E-state index in [1.807, 2.05) is 30.3 Å². The van der Waals surface area contributed by atoms with Crippen LogP contribution < -0.4 is 5.32 Å². The smallest absolute Gasteiger partial charge is 0.220 e. The average Bonchev–Trinajstić information content (AvgIpc) is 3.15. The molecule has 0 spiro atoms. The van der Waals surface area contributed by atoms with Crippen LogP contribution in [0.25, 0.3) is 10.9 Å². The molecular weight excluding hydrogens is 416 g/mol. The van der Waals surface area contributed by atoms with E-state index in [4.69, 9.17) is 11.6 Å². The molecule has 0 saturated heterocycles.